The van der Waals surface area contributed by atoms with Gasteiger partial charge in [-0.1, -0.05) is 48.5 Å². The van der Waals surface area contributed by atoms with Crippen molar-refractivity contribution >= 4 is 39.8 Å². The van der Waals surface area contributed by atoms with Crippen LogP contribution in [-0.2, 0) is 11.4 Å². The van der Waals surface area contributed by atoms with Gasteiger partial charge in [0.25, 0.3) is 5.91 Å². The van der Waals surface area contributed by atoms with Crippen LogP contribution < -0.4 is 9.47 Å². The average Bonchev–Trinajstić information content (AvgIpc) is 3.31. The van der Waals surface area contributed by atoms with Crippen LogP contribution >= 0.6 is 11.8 Å². The third-order valence-corrected chi connectivity index (χ3v) is 6.24. The number of rotatable bonds is 6. The van der Waals surface area contributed by atoms with Gasteiger partial charge in [0.15, 0.2) is 17.3 Å². The lowest BCUT2D eigenvalue weighted by Crippen LogP contribution is -2.35. The Labute approximate surface area is 205 Å². The fraction of sp³-hybridized carbons (Fsp3) is 0.0769. The molecule has 1 N–H and O–H groups in total. The fourth-order valence-electron chi connectivity index (χ4n) is 3.49. The Bertz CT molecular complexity index is 1400. The molecule has 1 amide bonds. The van der Waals surface area contributed by atoms with Crippen LogP contribution in [0.2, 0.25) is 0 Å². The third kappa shape index (κ3) is 4.71. The van der Waals surface area contributed by atoms with Crippen LogP contribution in [0.15, 0.2) is 88.5 Å². The van der Waals surface area contributed by atoms with Gasteiger partial charge in [0.05, 0.1) is 12.7 Å². The molecule has 0 atom stereocenters. The molecule has 0 fully saturated rings. The molecule has 0 saturated carbocycles. The average molecular weight is 487 g/mol. The summed E-state index contributed by atoms with van der Waals surface area (Å²) in [5, 5.41) is 15.5. The van der Waals surface area contributed by atoms with Crippen molar-refractivity contribution in [3.63, 3.8) is 0 Å². The number of methoxy groups -OCH3 is 1. The SMILES string of the molecule is COc1cc(C=C2C(=N)N3N=C(c4ccccc4)SC3=NC2=O)ccc1OCc1ccc(F)cc1. The maximum Gasteiger partial charge on any atom is 0.283 e. The van der Waals surface area contributed by atoms with Gasteiger partial charge in [0, 0.05) is 5.56 Å². The number of ether oxygens (including phenoxy) is 2. The summed E-state index contributed by atoms with van der Waals surface area (Å²) in [7, 11) is 1.52. The number of hydrogen-bond donors (Lipinski definition) is 1. The molecule has 2 heterocycles. The minimum Gasteiger partial charge on any atom is -0.493 e. The molecule has 0 radical (unpaired) electrons. The van der Waals surface area contributed by atoms with Crippen LogP contribution in [-0.4, -0.2) is 34.1 Å². The van der Waals surface area contributed by atoms with Crippen molar-refractivity contribution in [2.24, 2.45) is 10.1 Å². The quantitative estimate of drug-likeness (QED) is 0.491. The zero-order valence-corrected chi connectivity index (χ0v) is 19.4. The van der Waals surface area contributed by atoms with Crippen LogP contribution in [0.3, 0.4) is 0 Å². The number of hydrazone groups is 1. The standard InChI is InChI=1S/C26H19FN4O3S/c1-33-22-14-17(9-12-21(22)34-15-16-7-10-19(27)11-8-16)13-20-23(28)31-26(29-24(20)32)35-25(30-31)18-5-3-2-4-6-18/h2-14,28H,15H2,1H3. The number of carbonyl (C=O) groups excluding carboxylic acids is 1. The first kappa shape index (κ1) is 22.5. The van der Waals surface area contributed by atoms with Gasteiger partial charge in [-0.15, -0.1) is 0 Å². The number of carbonyl (C=O) groups is 1. The molecule has 0 aliphatic carbocycles. The van der Waals surface area contributed by atoms with Crippen molar-refractivity contribution in [2.45, 2.75) is 6.61 Å². The van der Waals surface area contributed by atoms with E-state index in [0.717, 1.165) is 11.1 Å². The third-order valence-electron chi connectivity index (χ3n) is 5.28. The second-order valence-corrected chi connectivity index (χ2v) is 8.57. The maximum absolute atomic E-state index is 13.1. The number of hydrogen-bond acceptors (Lipinski definition) is 6. The van der Waals surface area contributed by atoms with E-state index in [4.69, 9.17) is 14.9 Å². The Morgan fingerprint density at radius 3 is 2.57 bits per heavy atom. The second-order valence-electron chi connectivity index (χ2n) is 7.62. The van der Waals surface area contributed by atoms with Crippen molar-refractivity contribution in [3.8, 4) is 11.5 Å². The molecule has 2 aliphatic rings. The smallest absolute Gasteiger partial charge is 0.283 e. The minimum atomic E-state index is -0.506. The van der Waals surface area contributed by atoms with E-state index in [9.17, 15) is 9.18 Å². The van der Waals surface area contributed by atoms with Gasteiger partial charge in [-0.2, -0.15) is 15.1 Å². The Kier molecular flexibility index (Phi) is 6.15. The van der Waals surface area contributed by atoms with Gasteiger partial charge in [0.2, 0.25) is 5.17 Å². The van der Waals surface area contributed by atoms with Crippen LogP contribution in [0.4, 0.5) is 4.39 Å². The predicted octanol–water partition coefficient (Wildman–Crippen LogP) is 5.08. The lowest BCUT2D eigenvalue weighted by atomic mass is 10.1. The first-order valence-electron chi connectivity index (χ1n) is 10.6. The molecule has 0 unspecified atom stereocenters. The summed E-state index contributed by atoms with van der Waals surface area (Å²) in [4.78, 5) is 16.9. The van der Waals surface area contributed by atoms with E-state index in [0.29, 0.717) is 27.3 Å². The van der Waals surface area contributed by atoms with E-state index in [1.807, 2.05) is 30.3 Å². The number of amidine groups is 2. The van der Waals surface area contributed by atoms with Crippen molar-refractivity contribution in [1.29, 1.82) is 5.41 Å². The zero-order chi connectivity index (χ0) is 24.4. The summed E-state index contributed by atoms with van der Waals surface area (Å²) in [6.45, 7) is 0.242. The maximum atomic E-state index is 13.1. The topological polar surface area (TPSA) is 87.3 Å². The highest BCUT2D eigenvalue weighted by Gasteiger charge is 2.36. The van der Waals surface area contributed by atoms with Crippen LogP contribution in [0.5, 0.6) is 11.5 Å². The molecular weight excluding hydrogens is 467 g/mol. The van der Waals surface area contributed by atoms with Gasteiger partial charge in [-0.25, -0.2) is 4.39 Å². The Hall–Kier alpha value is -4.24. The van der Waals surface area contributed by atoms with Crippen LogP contribution in [0.25, 0.3) is 6.08 Å². The number of nitrogens with one attached hydrogen (secondary N) is 1. The van der Waals surface area contributed by atoms with Gasteiger partial charge < -0.3 is 9.47 Å². The van der Waals surface area contributed by atoms with Gasteiger partial charge >= 0.3 is 0 Å². The lowest BCUT2D eigenvalue weighted by molar-refractivity contribution is -0.114. The van der Waals surface area contributed by atoms with E-state index in [1.165, 1.54) is 36.0 Å². The number of benzene rings is 3. The number of amides is 1. The van der Waals surface area contributed by atoms with Crippen LogP contribution in [0, 0.1) is 11.2 Å². The normalized spacial score (nSPS) is 16.2. The van der Waals surface area contributed by atoms with Crippen LogP contribution in [0.1, 0.15) is 16.7 Å². The summed E-state index contributed by atoms with van der Waals surface area (Å²) in [5.74, 6) is 0.0966. The monoisotopic (exact) mass is 486 g/mol. The number of fused-ring (bicyclic) bond motifs is 1. The molecule has 0 bridgehead atoms. The molecule has 5 rings (SSSR count). The lowest BCUT2D eigenvalue weighted by Gasteiger charge is -2.20. The molecule has 3 aromatic carbocycles. The van der Waals surface area contributed by atoms with Crippen molar-refractivity contribution in [3.05, 3.63) is 101 Å². The Morgan fingerprint density at radius 1 is 1.06 bits per heavy atom. The Morgan fingerprint density at radius 2 is 1.83 bits per heavy atom. The van der Waals surface area contributed by atoms with Crippen molar-refractivity contribution in [2.75, 3.05) is 7.11 Å². The highest BCUT2D eigenvalue weighted by Crippen LogP contribution is 2.33. The van der Waals surface area contributed by atoms with E-state index < -0.39 is 5.91 Å². The number of thioether (sulfide) groups is 1. The summed E-state index contributed by atoms with van der Waals surface area (Å²) < 4.78 is 24.4. The van der Waals surface area contributed by atoms with E-state index >= 15 is 0 Å². The first-order valence-corrected chi connectivity index (χ1v) is 11.4. The molecule has 3 aromatic rings. The van der Waals surface area contributed by atoms with E-state index in [2.05, 4.69) is 10.1 Å². The highest BCUT2D eigenvalue weighted by molar-refractivity contribution is 8.27. The van der Waals surface area contributed by atoms with Gasteiger partial charge in [-0.3, -0.25) is 10.2 Å². The molecule has 7 nitrogen and oxygen atoms in total. The fourth-order valence-corrected chi connectivity index (χ4v) is 4.39. The largest absolute Gasteiger partial charge is 0.493 e. The highest BCUT2D eigenvalue weighted by atomic mass is 32.2. The van der Waals surface area contributed by atoms with E-state index in [-0.39, 0.29) is 23.8 Å². The molecule has 0 aromatic heterocycles. The van der Waals surface area contributed by atoms with Gasteiger partial charge in [-0.05, 0) is 53.2 Å². The summed E-state index contributed by atoms with van der Waals surface area (Å²) in [5.41, 5.74) is 2.46. The minimum absolute atomic E-state index is 0.0472. The zero-order valence-electron chi connectivity index (χ0n) is 18.6. The number of aliphatic imine (C=N–C) groups is 1. The summed E-state index contributed by atoms with van der Waals surface area (Å²) in [6.07, 6.45) is 1.58. The number of nitrogens with zero attached hydrogens (tertiary/aromatic N) is 3. The first-order chi connectivity index (χ1) is 17.0. The molecule has 0 spiro atoms. The summed E-state index contributed by atoms with van der Waals surface area (Å²) >= 11 is 1.26. The Balaban J connectivity index is 1.37. The predicted molar refractivity (Wildman–Crippen MR) is 134 cm³/mol. The second kappa shape index (κ2) is 9.55. The van der Waals surface area contributed by atoms with Crippen molar-refractivity contribution < 1.29 is 18.7 Å². The molecule has 35 heavy (non-hydrogen) atoms. The molecule has 174 valence electrons. The molecule has 9 heteroatoms. The molecule has 0 saturated heterocycles. The number of halogens is 1. The molecule has 2 aliphatic heterocycles. The van der Waals surface area contributed by atoms with Crippen molar-refractivity contribution in [1.82, 2.24) is 5.01 Å². The molecular formula is C26H19FN4O3S. The summed E-state index contributed by atoms with van der Waals surface area (Å²) in [6, 6.07) is 20.8. The van der Waals surface area contributed by atoms with E-state index in [1.54, 1.807) is 36.4 Å². The van der Waals surface area contributed by atoms with Gasteiger partial charge in [0.1, 0.15) is 17.5 Å².